The maximum atomic E-state index is 12.7. The van der Waals surface area contributed by atoms with E-state index in [-0.39, 0.29) is 12.2 Å². The number of carbonyl (C=O) groups is 1. The first-order valence-corrected chi connectivity index (χ1v) is 7.09. The third kappa shape index (κ3) is 4.10. The van der Waals surface area contributed by atoms with Crippen molar-refractivity contribution in [2.24, 2.45) is 0 Å². The highest BCUT2D eigenvalue weighted by molar-refractivity contribution is 7.91. The summed E-state index contributed by atoms with van der Waals surface area (Å²) in [6.07, 6.45) is -0.181. The third-order valence-electron chi connectivity index (χ3n) is 2.58. The van der Waals surface area contributed by atoms with Crippen molar-refractivity contribution in [2.75, 3.05) is 7.11 Å². The number of benzene rings is 1. The summed E-state index contributed by atoms with van der Waals surface area (Å²) in [5.74, 6) is -1.20. The lowest BCUT2D eigenvalue weighted by molar-refractivity contribution is -0.140. The molecule has 0 saturated heterocycles. The fraction of sp³-hybridized carbons (Fsp3) is 0.417. The quantitative estimate of drug-likeness (QED) is 0.767. The summed E-state index contributed by atoms with van der Waals surface area (Å²) in [6.45, 7) is 1.45. The first kappa shape index (κ1) is 14.6. The smallest absolute Gasteiger partial charge is 0.306 e. The molecule has 0 spiro atoms. The van der Waals surface area contributed by atoms with Crippen LogP contribution < -0.4 is 0 Å². The molecule has 1 aromatic carbocycles. The SMILES string of the molecule is COC(=O)CC(C)S(=O)(=O)Cc1ccc(F)cc1. The van der Waals surface area contributed by atoms with Gasteiger partial charge in [-0.2, -0.15) is 0 Å². The molecule has 0 radical (unpaired) electrons. The van der Waals surface area contributed by atoms with E-state index >= 15 is 0 Å². The molecular weight excluding hydrogens is 259 g/mol. The Labute approximate surface area is 106 Å². The summed E-state index contributed by atoms with van der Waals surface area (Å²) in [4.78, 5) is 11.0. The van der Waals surface area contributed by atoms with Crippen LogP contribution in [-0.2, 0) is 25.1 Å². The Bertz CT molecular complexity index is 507. The Morgan fingerprint density at radius 3 is 2.39 bits per heavy atom. The molecule has 1 aromatic rings. The van der Waals surface area contributed by atoms with Crippen LogP contribution in [0.25, 0.3) is 0 Å². The Kier molecular flexibility index (Phi) is 4.84. The van der Waals surface area contributed by atoms with Crippen molar-refractivity contribution in [3.05, 3.63) is 35.6 Å². The zero-order valence-corrected chi connectivity index (χ0v) is 11.0. The van der Waals surface area contributed by atoms with Crippen LogP contribution in [-0.4, -0.2) is 26.7 Å². The van der Waals surface area contributed by atoms with Gasteiger partial charge < -0.3 is 4.74 Å². The summed E-state index contributed by atoms with van der Waals surface area (Å²) in [6, 6.07) is 5.24. The summed E-state index contributed by atoms with van der Waals surface area (Å²) >= 11 is 0. The van der Waals surface area contributed by atoms with E-state index in [1.165, 1.54) is 38.3 Å². The second-order valence-electron chi connectivity index (χ2n) is 4.02. The molecule has 0 bridgehead atoms. The van der Waals surface area contributed by atoms with Gasteiger partial charge in [-0.25, -0.2) is 12.8 Å². The van der Waals surface area contributed by atoms with Gasteiger partial charge in [-0.05, 0) is 24.6 Å². The van der Waals surface area contributed by atoms with Crippen molar-refractivity contribution in [3.63, 3.8) is 0 Å². The maximum Gasteiger partial charge on any atom is 0.306 e. The molecule has 0 aromatic heterocycles. The first-order chi connectivity index (χ1) is 8.35. The Morgan fingerprint density at radius 2 is 1.89 bits per heavy atom. The average molecular weight is 274 g/mol. The van der Waals surface area contributed by atoms with Crippen LogP contribution in [0.4, 0.5) is 4.39 Å². The van der Waals surface area contributed by atoms with E-state index in [1.54, 1.807) is 0 Å². The fourth-order valence-electron chi connectivity index (χ4n) is 1.40. The molecule has 0 fully saturated rings. The molecule has 0 N–H and O–H groups in total. The summed E-state index contributed by atoms with van der Waals surface area (Å²) < 4.78 is 41.0. The highest BCUT2D eigenvalue weighted by Gasteiger charge is 2.24. The van der Waals surface area contributed by atoms with Gasteiger partial charge >= 0.3 is 5.97 Å². The van der Waals surface area contributed by atoms with Crippen molar-refractivity contribution >= 4 is 15.8 Å². The summed E-state index contributed by atoms with van der Waals surface area (Å²) in [5, 5.41) is -0.824. The Balaban J connectivity index is 2.75. The van der Waals surface area contributed by atoms with Crippen LogP contribution in [0.5, 0.6) is 0 Å². The van der Waals surface area contributed by atoms with Gasteiger partial charge in [-0.1, -0.05) is 12.1 Å². The number of hydrogen-bond acceptors (Lipinski definition) is 4. The number of ether oxygens (including phenoxy) is 1. The van der Waals surface area contributed by atoms with Gasteiger partial charge in [0, 0.05) is 0 Å². The van der Waals surface area contributed by atoms with Gasteiger partial charge in [0.1, 0.15) is 5.82 Å². The number of halogens is 1. The highest BCUT2D eigenvalue weighted by atomic mass is 32.2. The van der Waals surface area contributed by atoms with E-state index in [0.29, 0.717) is 5.56 Å². The van der Waals surface area contributed by atoms with Gasteiger partial charge in [-0.15, -0.1) is 0 Å². The largest absolute Gasteiger partial charge is 0.469 e. The van der Waals surface area contributed by atoms with Gasteiger partial charge in [0.2, 0.25) is 0 Å². The normalized spacial score (nSPS) is 13.1. The molecule has 0 aliphatic heterocycles. The third-order valence-corrected chi connectivity index (χ3v) is 4.70. The maximum absolute atomic E-state index is 12.7. The number of hydrogen-bond donors (Lipinski definition) is 0. The van der Waals surface area contributed by atoms with Crippen molar-refractivity contribution in [2.45, 2.75) is 24.3 Å². The lowest BCUT2D eigenvalue weighted by Gasteiger charge is -2.11. The second kappa shape index (κ2) is 5.95. The second-order valence-corrected chi connectivity index (χ2v) is 6.44. The molecule has 0 aliphatic rings. The number of methoxy groups -OCH3 is 1. The molecule has 0 saturated carbocycles. The van der Waals surface area contributed by atoms with Crippen LogP contribution in [0.1, 0.15) is 18.9 Å². The van der Waals surface area contributed by atoms with Gasteiger partial charge in [0.15, 0.2) is 9.84 Å². The number of carbonyl (C=O) groups excluding carboxylic acids is 1. The minimum atomic E-state index is -3.45. The molecule has 1 rings (SSSR count). The monoisotopic (exact) mass is 274 g/mol. The van der Waals surface area contributed by atoms with Crippen molar-refractivity contribution in [3.8, 4) is 0 Å². The topological polar surface area (TPSA) is 60.4 Å². The highest BCUT2D eigenvalue weighted by Crippen LogP contribution is 2.14. The molecule has 100 valence electrons. The molecule has 1 unspecified atom stereocenters. The molecule has 6 heteroatoms. The van der Waals surface area contributed by atoms with Crippen molar-refractivity contribution in [1.29, 1.82) is 0 Å². The standard InChI is InChI=1S/C12H15FO4S/c1-9(7-12(14)17-2)18(15,16)8-10-3-5-11(13)6-4-10/h3-6,9H,7-8H2,1-2H3. The Morgan fingerprint density at radius 1 is 1.33 bits per heavy atom. The number of sulfone groups is 1. The minimum Gasteiger partial charge on any atom is -0.469 e. The van der Waals surface area contributed by atoms with Crippen LogP contribution in [0, 0.1) is 5.82 Å². The predicted molar refractivity (Wildman–Crippen MR) is 65.1 cm³/mol. The van der Waals surface area contributed by atoms with Crippen LogP contribution in [0.3, 0.4) is 0 Å². The molecule has 4 nitrogen and oxygen atoms in total. The lowest BCUT2D eigenvalue weighted by atomic mass is 10.2. The van der Waals surface area contributed by atoms with E-state index < -0.39 is 26.9 Å². The molecule has 0 aliphatic carbocycles. The van der Waals surface area contributed by atoms with E-state index in [9.17, 15) is 17.6 Å². The molecular formula is C12H15FO4S. The van der Waals surface area contributed by atoms with Gasteiger partial charge in [-0.3, -0.25) is 4.79 Å². The summed E-state index contributed by atoms with van der Waals surface area (Å²) in [5.41, 5.74) is 0.494. The van der Waals surface area contributed by atoms with Crippen molar-refractivity contribution < 1.29 is 22.3 Å². The van der Waals surface area contributed by atoms with E-state index in [4.69, 9.17) is 0 Å². The minimum absolute atomic E-state index is 0.181. The molecule has 1 atom stereocenters. The van der Waals surface area contributed by atoms with Crippen LogP contribution in [0.15, 0.2) is 24.3 Å². The number of esters is 1. The van der Waals surface area contributed by atoms with E-state index in [0.717, 1.165) is 0 Å². The Hall–Kier alpha value is -1.43. The average Bonchev–Trinajstić information content (AvgIpc) is 2.31. The predicted octanol–water partition coefficient (Wildman–Crippen LogP) is 1.69. The summed E-state index contributed by atoms with van der Waals surface area (Å²) in [7, 11) is -2.24. The van der Waals surface area contributed by atoms with Crippen LogP contribution in [0.2, 0.25) is 0 Å². The zero-order valence-electron chi connectivity index (χ0n) is 10.2. The van der Waals surface area contributed by atoms with Crippen LogP contribution >= 0.6 is 0 Å². The molecule has 18 heavy (non-hydrogen) atoms. The van der Waals surface area contributed by atoms with Gasteiger partial charge in [0.25, 0.3) is 0 Å². The van der Waals surface area contributed by atoms with E-state index in [2.05, 4.69) is 4.74 Å². The van der Waals surface area contributed by atoms with Crippen molar-refractivity contribution in [1.82, 2.24) is 0 Å². The zero-order chi connectivity index (χ0) is 13.8. The molecule has 0 heterocycles. The lowest BCUT2D eigenvalue weighted by Crippen LogP contribution is -2.23. The van der Waals surface area contributed by atoms with Gasteiger partial charge in [0.05, 0.1) is 24.5 Å². The molecule has 0 amide bonds. The first-order valence-electron chi connectivity index (χ1n) is 5.38. The van der Waals surface area contributed by atoms with E-state index in [1.807, 2.05) is 0 Å². The number of rotatable bonds is 5. The fourth-order valence-corrected chi connectivity index (χ4v) is 2.73.